The molecule has 7 heteroatoms. The molecule has 0 spiro atoms. The van der Waals surface area contributed by atoms with Crippen molar-refractivity contribution < 1.29 is 13.2 Å². The smallest absolute Gasteiger partial charge is 0.224 e. The number of H-pyrrole nitrogens is 1. The average molecular weight is 243 g/mol. The molecular formula is C9H13N3O3S. The van der Waals surface area contributed by atoms with E-state index in [4.69, 9.17) is 0 Å². The molecule has 1 fully saturated rings. The number of rotatable bonds is 3. The summed E-state index contributed by atoms with van der Waals surface area (Å²) in [7, 11) is -2.90. The monoisotopic (exact) mass is 243 g/mol. The lowest BCUT2D eigenvalue weighted by molar-refractivity contribution is -0.116. The predicted octanol–water partition coefficient (Wildman–Crippen LogP) is 0.173. The number of carbonyl (C=O) groups excluding carboxylic acids is 1. The van der Waals surface area contributed by atoms with E-state index in [9.17, 15) is 13.2 Å². The summed E-state index contributed by atoms with van der Waals surface area (Å²) in [6.45, 7) is 0. The Morgan fingerprint density at radius 1 is 1.62 bits per heavy atom. The van der Waals surface area contributed by atoms with Crippen LogP contribution in [0.5, 0.6) is 0 Å². The van der Waals surface area contributed by atoms with E-state index < -0.39 is 9.84 Å². The summed E-state index contributed by atoms with van der Waals surface area (Å²) >= 11 is 0. The molecule has 88 valence electrons. The van der Waals surface area contributed by atoms with E-state index in [1.807, 2.05) is 0 Å². The summed E-state index contributed by atoms with van der Waals surface area (Å²) < 4.78 is 22.4. The summed E-state index contributed by atoms with van der Waals surface area (Å²) in [5.74, 6) is 0.128. The van der Waals surface area contributed by atoms with Crippen LogP contribution in [0.1, 0.15) is 12.8 Å². The van der Waals surface area contributed by atoms with Crippen LogP contribution in [0.4, 0.5) is 5.69 Å². The second-order valence-corrected chi connectivity index (χ2v) is 6.24. The van der Waals surface area contributed by atoms with Gasteiger partial charge in [-0.1, -0.05) is 0 Å². The Hall–Kier alpha value is -1.37. The third kappa shape index (κ3) is 2.82. The number of nitrogens with one attached hydrogen (secondary N) is 2. The fourth-order valence-corrected chi connectivity index (χ4v) is 3.69. The summed E-state index contributed by atoms with van der Waals surface area (Å²) in [5, 5.41) is 8.92. The second-order valence-electron chi connectivity index (χ2n) is 4.01. The number of hydrogen-bond acceptors (Lipinski definition) is 4. The summed E-state index contributed by atoms with van der Waals surface area (Å²) in [4.78, 5) is 11.5. The first kappa shape index (κ1) is 11.1. The number of aromatic amines is 1. The number of carbonyl (C=O) groups is 1. The maximum atomic E-state index is 11.5. The molecule has 1 aliphatic rings. The van der Waals surface area contributed by atoms with Gasteiger partial charge in [0.1, 0.15) is 0 Å². The highest BCUT2D eigenvalue weighted by Crippen LogP contribution is 2.21. The first-order valence-electron chi connectivity index (χ1n) is 5.04. The fraction of sp³-hybridized carbons (Fsp3) is 0.556. The van der Waals surface area contributed by atoms with Crippen molar-refractivity contribution in [3.05, 3.63) is 12.4 Å². The molecule has 0 aromatic carbocycles. The predicted molar refractivity (Wildman–Crippen MR) is 58.6 cm³/mol. The van der Waals surface area contributed by atoms with E-state index in [1.165, 1.54) is 6.20 Å². The Morgan fingerprint density at radius 2 is 2.44 bits per heavy atom. The quantitative estimate of drug-likeness (QED) is 0.791. The largest absolute Gasteiger partial charge is 0.323 e. The van der Waals surface area contributed by atoms with Crippen LogP contribution >= 0.6 is 0 Å². The molecular weight excluding hydrogens is 230 g/mol. The SMILES string of the molecule is O=C(CC1CCS(=O)(=O)C1)Nc1cn[nH]c1. The normalized spacial score (nSPS) is 23.1. The first-order chi connectivity index (χ1) is 7.55. The average Bonchev–Trinajstić information content (AvgIpc) is 2.76. The van der Waals surface area contributed by atoms with E-state index in [-0.39, 0.29) is 29.8 Å². The van der Waals surface area contributed by atoms with Gasteiger partial charge in [-0.15, -0.1) is 0 Å². The van der Waals surface area contributed by atoms with Gasteiger partial charge in [-0.05, 0) is 12.3 Å². The van der Waals surface area contributed by atoms with Crippen LogP contribution in [0.3, 0.4) is 0 Å². The van der Waals surface area contributed by atoms with Crippen molar-refractivity contribution >= 4 is 21.4 Å². The van der Waals surface area contributed by atoms with Gasteiger partial charge in [0.2, 0.25) is 5.91 Å². The van der Waals surface area contributed by atoms with Crippen molar-refractivity contribution in [1.29, 1.82) is 0 Å². The summed E-state index contributed by atoms with van der Waals surface area (Å²) in [6, 6.07) is 0. The van der Waals surface area contributed by atoms with E-state index in [1.54, 1.807) is 6.20 Å². The Balaban J connectivity index is 1.85. The van der Waals surface area contributed by atoms with Crippen LogP contribution < -0.4 is 5.32 Å². The molecule has 0 bridgehead atoms. The molecule has 2 rings (SSSR count). The standard InChI is InChI=1S/C9H13N3O3S/c13-9(12-8-4-10-11-5-8)3-7-1-2-16(14,15)6-7/h4-5,7H,1-3,6H2,(H,10,11)(H,12,13). The molecule has 0 radical (unpaired) electrons. The first-order valence-corrected chi connectivity index (χ1v) is 6.86. The van der Waals surface area contributed by atoms with Crippen LogP contribution in [0.15, 0.2) is 12.4 Å². The molecule has 1 unspecified atom stereocenters. The van der Waals surface area contributed by atoms with Crippen molar-refractivity contribution in [2.24, 2.45) is 5.92 Å². The van der Waals surface area contributed by atoms with E-state index in [0.717, 1.165) is 0 Å². The Labute approximate surface area is 93.3 Å². The van der Waals surface area contributed by atoms with Crippen molar-refractivity contribution in [3.63, 3.8) is 0 Å². The second kappa shape index (κ2) is 4.25. The molecule has 16 heavy (non-hydrogen) atoms. The molecule has 2 heterocycles. The van der Waals surface area contributed by atoms with Gasteiger partial charge >= 0.3 is 0 Å². The number of amides is 1. The molecule has 2 N–H and O–H groups in total. The minimum Gasteiger partial charge on any atom is -0.323 e. The summed E-state index contributed by atoms with van der Waals surface area (Å²) in [6.07, 6.45) is 3.91. The molecule has 0 saturated carbocycles. The lowest BCUT2D eigenvalue weighted by Crippen LogP contribution is -2.17. The van der Waals surface area contributed by atoms with Gasteiger partial charge in [0.05, 0.1) is 23.4 Å². The third-order valence-corrected chi connectivity index (χ3v) is 4.42. The van der Waals surface area contributed by atoms with Gasteiger partial charge in [-0.3, -0.25) is 9.89 Å². The Kier molecular flexibility index (Phi) is 2.95. The molecule has 1 amide bonds. The summed E-state index contributed by atoms with van der Waals surface area (Å²) in [5.41, 5.74) is 0.603. The topological polar surface area (TPSA) is 91.9 Å². The van der Waals surface area contributed by atoms with Gasteiger partial charge in [0, 0.05) is 12.6 Å². The molecule has 1 atom stereocenters. The van der Waals surface area contributed by atoms with Crippen molar-refractivity contribution in [2.75, 3.05) is 16.8 Å². The third-order valence-electron chi connectivity index (χ3n) is 2.58. The van der Waals surface area contributed by atoms with E-state index >= 15 is 0 Å². The van der Waals surface area contributed by atoms with Crippen LogP contribution in [0, 0.1) is 5.92 Å². The van der Waals surface area contributed by atoms with Gasteiger partial charge in [-0.2, -0.15) is 5.10 Å². The maximum absolute atomic E-state index is 11.5. The van der Waals surface area contributed by atoms with Gasteiger partial charge in [0.25, 0.3) is 0 Å². The molecule has 1 aromatic rings. The molecule has 1 saturated heterocycles. The number of sulfone groups is 1. The lowest BCUT2D eigenvalue weighted by atomic mass is 10.1. The van der Waals surface area contributed by atoms with Gasteiger partial charge in [0.15, 0.2) is 9.84 Å². The lowest BCUT2D eigenvalue weighted by Gasteiger charge is -2.06. The molecule has 1 aliphatic heterocycles. The number of nitrogens with zero attached hydrogens (tertiary/aromatic N) is 1. The molecule has 6 nitrogen and oxygen atoms in total. The van der Waals surface area contributed by atoms with Crippen LogP contribution in [0.25, 0.3) is 0 Å². The van der Waals surface area contributed by atoms with Gasteiger partial charge < -0.3 is 5.32 Å². The van der Waals surface area contributed by atoms with Crippen molar-refractivity contribution in [3.8, 4) is 0 Å². The van der Waals surface area contributed by atoms with E-state index in [0.29, 0.717) is 12.1 Å². The number of aromatic nitrogens is 2. The van der Waals surface area contributed by atoms with Gasteiger partial charge in [-0.25, -0.2) is 8.42 Å². The van der Waals surface area contributed by atoms with Crippen LogP contribution in [0.2, 0.25) is 0 Å². The number of anilines is 1. The highest BCUT2D eigenvalue weighted by molar-refractivity contribution is 7.91. The molecule has 1 aromatic heterocycles. The fourth-order valence-electron chi connectivity index (χ4n) is 1.83. The van der Waals surface area contributed by atoms with E-state index in [2.05, 4.69) is 15.5 Å². The van der Waals surface area contributed by atoms with Crippen molar-refractivity contribution in [2.45, 2.75) is 12.8 Å². The zero-order chi connectivity index (χ0) is 11.6. The molecule has 0 aliphatic carbocycles. The zero-order valence-electron chi connectivity index (χ0n) is 8.64. The maximum Gasteiger partial charge on any atom is 0.224 e. The number of hydrogen-bond donors (Lipinski definition) is 2. The van der Waals surface area contributed by atoms with Crippen LogP contribution in [-0.4, -0.2) is 36.0 Å². The van der Waals surface area contributed by atoms with Crippen LogP contribution in [-0.2, 0) is 14.6 Å². The Morgan fingerprint density at radius 3 is 3.00 bits per heavy atom. The highest BCUT2D eigenvalue weighted by atomic mass is 32.2. The minimum absolute atomic E-state index is 0.0445. The Bertz CT molecular complexity index is 466. The zero-order valence-corrected chi connectivity index (χ0v) is 9.46. The minimum atomic E-state index is -2.90. The van der Waals surface area contributed by atoms with Crippen molar-refractivity contribution in [1.82, 2.24) is 10.2 Å². The highest BCUT2D eigenvalue weighted by Gasteiger charge is 2.29.